The monoisotopic (exact) mass is 292 g/mol. The van der Waals surface area contributed by atoms with Crippen molar-refractivity contribution < 1.29 is 4.39 Å². The summed E-state index contributed by atoms with van der Waals surface area (Å²) >= 11 is 1.93. The van der Waals surface area contributed by atoms with Gasteiger partial charge in [0.1, 0.15) is 5.82 Å². The Morgan fingerprint density at radius 1 is 1.38 bits per heavy atom. The second-order valence-electron chi connectivity index (χ2n) is 3.80. The minimum Gasteiger partial charge on any atom is -0.236 e. The molecule has 0 aromatic carbocycles. The van der Waals surface area contributed by atoms with Gasteiger partial charge in [-0.1, -0.05) is 6.92 Å². The number of rotatable bonds is 1. The van der Waals surface area contributed by atoms with E-state index < -0.39 is 0 Å². The highest BCUT2D eigenvalue weighted by atomic mass is 127. The molecule has 1 aliphatic carbocycles. The highest BCUT2D eigenvalue weighted by Crippen LogP contribution is 2.46. The predicted octanol–water partition coefficient (Wildman–Crippen LogP) is 2.58. The zero-order chi connectivity index (χ0) is 9.64. The molecule has 1 saturated carbocycles. The van der Waals surface area contributed by atoms with Crippen molar-refractivity contribution in [3.8, 4) is 0 Å². The fourth-order valence-corrected chi connectivity index (χ4v) is 1.45. The van der Waals surface area contributed by atoms with Gasteiger partial charge in [-0.2, -0.15) is 4.39 Å². The number of aromatic nitrogens is 2. The molecule has 0 radical (unpaired) electrons. The van der Waals surface area contributed by atoms with E-state index in [0.29, 0.717) is 9.39 Å². The number of aryl methyl sites for hydroxylation is 1. The van der Waals surface area contributed by atoms with Gasteiger partial charge in [0, 0.05) is 5.41 Å². The first kappa shape index (κ1) is 9.30. The Bertz CT molecular complexity index is 338. The van der Waals surface area contributed by atoms with E-state index in [4.69, 9.17) is 0 Å². The minimum atomic E-state index is -0.378. The third-order valence-electron chi connectivity index (χ3n) is 2.52. The van der Waals surface area contributed by atoms with Crippen LogP contribution in [0.4, 0.5) is 4.39 Å². The maximum absolute atomic E-state index is 13.2. The first-order valence-electron chi connectivity index (χ1n) is 4.23. The summed E-state index contributed by atoms with van der Waals surface area (Å²) in [5.74, 6) is 0.291. The van der Waals surface area contributed by atoms with E-state index in [1.165, 1.54) is 0 Å². The zero-order valence-electron chi connectivity index (χ0n) is 7.56. The molecule has 0 aliphatic heterocycles. The number of hydrogen-bond donors (Lipinski definition) is 0. The zero-order valence-corrected chi connectivity index (χ0v) is 9.72. The van der Waals surface area contributed by atoms with Crippen LogP contribution in [0.5, 0.6) is 0 Å². The van der Waals surface area contributed by atoms with Crippen molar-refractivity contribution in [2.45, 2.75) is 32.1 Å². The summed E-state index contributed by atoms with van der Waals surface area (Å²) in [6.07, 6.45) is 2.15. The molecule has 0 bridgehead atoms. The van der Waals surface area contributed by atoms with Gasteiger partial charge in [-0.25, -0.2) is 9.97 Å². The third kappa shape index (κ3) is 1.56. The smallest absolute Gasteiger partial charge is 0.229 e. The molecular weight excluding hydrogens is 282 g/mol. The van der Waals surface area contributed by atoms with Crippen LogP contribution in [0.1, 0.15) is 31.3 Å². The summed E-state index contributed by atoms with van der Waals surface area (Å²) in [6, 6.07) is 0. The molecular formula is C9H10FIN2. The third-order valence-corrected chi connectivity index (χ3v) is 3.74. The summed E-state index contributed by atoms with van der Waals surface area (Å²) in [7, 11) is 0. The molecule has 1 aromatic heterocycles. The number of hydrogen-bond acceptors (Lipinski definition) is 2. The summed E-state index contributed by atoms with van der Waals surface area (Å²) in [4.78, 5) is 8.19. The molecule has 70 valence electrons. The van der Waals surface area contributed by atoms with E-state index >= 15 is 0 Å². The van der Waals surface area contributed by atoms with Crippen LogP contribution in [-0.4, -0.2) is 9.97 Å². The molecule has 2 rings (SSSR count). The van der Waals surface area contributed by atoms with Crippen molar-refractivity contribution in [2.75, 3.05) is 0 Å². The van der Waals surface area contributed by atoms with Crippen LogP contribution >= 0.6 is 22.6 Å². The van der Waals surface area contributed by atoms with Crippen LogP contribution < -0.4 is 0 Å². The fraction of sp³-hybridized carbons (Fsp3) is 0.556. The van der Waals surface area contributed by atoms with E-state index in [1.54, 1.807) is 0 Å². The average Bonchev–Trinajstić information content (AvgIpc) is 2.80. The van der Waals surface area contributed by atoms with E-state index in [0.717, 1.165) is 18.5 Å². The quantitative estimate of drug-likeness (QED) is 0.587. The highest BCUT2D eigenvalue weighted by molar-refractivity contribution is 14.1. The lowest BCUT2D eigenvalue weighted by molar-refractivity contribution is 0.543. The Morgan fingerprint density at radius 2 is 2.00 bits per heavy atom. The molecule has 2 nitrogen and oxygen atoms in total. The van der Waals surface area contributed by atoms with Crippen molar-refractivity contribution in [3.05, 3.63) is 21.0 Å². The molecule has 0 amide bonds. The summed E-state index contributed by atoms with van der Waals surface area (Å²) < 4.78 is 13.8. The van der Waals surface area contributed by atoms with Crippen LogP contribution in [-0.2, 0) is 5.41 Å². The Hall–Kier alpha value is -0.260. The minimum absolute atomic E-state index is 0.0515. The molecule has 0 N–H and O–H groups in total. The van der Waals surface area contributed by atoms with Gasteiger partial charge in [-0.3, -0.25) is 0 Å². The Kier molecular flexibility index (Phi) is 2.05. The molecule has 1 heterocycles. The van der Waals surface area contributed by atoms with Crippen molar-refractivity contribution in [3.63, 3.8) is 0 Å². The van der Waals surface area contributed by atoms with Gasteiger partial charge in [-0.05, 0) is 42.4 Å². The van der Waals surface area contributed by atoms with Crippen molar-refractivity contribution in [1.82, 2.24) is 9.97 Å². The lowest BCUT2D eigenvalue weighted by atomic mass is 10.1. The lowest BCUT2D eigenvalue weighted by Crippen LogP contribution is -2.11. The van der Waals surface area contributed by atoms with Crippen LogP contribution in [0.2, 0.25) is 0 Å². The molecule has 1 fully saturated rings. The van der Waals surface area contributed by atoms with Crippen molar-refractivity contribution in [1.29, 1.82) is 0 Å². The van der Waals surface area contributed by atoms with Gasteiger partial charge < -0.3 is 0 Å². The van der Waals surface area contributed by atoms with E-state index in [9.17, 15) is 4.39 Å². The van der Waals surface area contributed by atoms with Crippen LogP contribution in [0.25, 0.3) is 0 Å². The molecule has 13 heavy (non-hydrogen) atoms. The first-order valence-corrected chi connectivity index (χ1v) is 5.31. The van der Waals surface area contributed by atoms with Crippen LogP contribution in [0, 0.1) is 16.4 Å². The Morgan fingerprint density at radius 3 is 2.46 bits per heavy atom. The van der Waals surface area contributed by atoms with Gasteiger partial charge in [0.2, 0.25) is 5.95 Å². The van der Waals surface area contributed by atoms with E-state index in [-0.39, 0.29) is 11.4 Å². The molecule has 4 heteroatoms. The van der Waals surface area contributed by atoms with Crippen LogP contribution in [0.3, 0.4) is 0 Å². The van der Waals surface area contributed by atoms with Gasteiger partial charge in [0.25, 0.3) is 0 Å². The van der Waals surface area contributed by atoms with Gasteiger partial charge >= 0.3 is 0 Å². The molecule has 0 saturated heterocycles. The predicted molar refractivity (Wildman–Crippen MR) is 56.0 cm³/mol. The van der Waals surface area contributed by atoms with Crippen molar-refractivity contribution in [2.24, 2.45) is 0 Å². The van der Waals surface area contributed by atoms with Gasteiger partial charge in [0.05, 0.1) is 9.26 Å². The lowest BCUT2D eigenvalue weighted by Gasteiger charge is -2.08. The summed E-state index contributed by atoms with van der Waals surface area (Å²) in [6.45, 7) is 3.90. The fourth-order valence-electron chi connectivity index (χ4n) is 1.21. The first-order chi connectivity index (χ1) is 6.03. The maximum Gasteiger partial charge on any atom is 0.229 e. The maximum atomic E-state index is 13.2. The summed E-state index contributed by atoms with van der Waals surface area (Å²) in [5.41, 5.74) is 0.798. The molecule has 1 aliphatic rings. The molecule has 0 unspecified atom stereocenters. The largest absolute Gasteiger partial charge is 0.236 e. The van der Waals surface area contributed by atoms with Gasteiger partial charge in [0.15, 0.2) is 0 Å². The molecule has 0 atom stereocenters. The second-order valence-corrected chi connectivity index (χ2v) is 4.88. The number of nitrogens with zero attached hydrogens (tertiary/aromatic N) is 2. The van der Waals surface area contributed by atoms with Gasteiger partial charge in [-0.15, -0.1) is 0 Å². The van der Waals surface area contributed by atoms with Crippen molar-refractivity contribution >= 4 is 22.6 Å². The standard InChI is InChI=1S/C9H10FIN2/c1-5-6(11)7(10)13-8(12-5)9(2)3-4-9/h3-4H2,1-2H3. The Balaban J connectivity index is 2.50. The normalized spacial score (nSPS) is 18.8. The average molecular weight is 292 g/mol. The molecule has 0 spiro atoms. The SMILES string of the molecule is Cc1nc(C2(C)CC2)nc(F)c1I. The second kappa shape index (κ2) is 2.87. The van der Waals surface area contributed by atoms with Crippen LogP contribution in [0.15, 0.2) is 0 Å². The Labute approximate surface area is 90.1 Å². The molecule has 1 aromatic rings. The van der Waals surface area contributed by atoms with E-state index in [2.05, 4.69) is 16.9 Å². The topological polar surface area (TPSA) is 25.8 Å². The number of halogens is 2. The highest BCUT2D eigenvalue weighted by Gasteiger charge is 2.42. The van der Waals surface area contributed by atoms with E-state index in [1.807, 2.05) is 29.5 Å². The summed E-state index contributed by atoms with van der Waals surface area (Å²) in [5, 5.41) is 0.